The molecule has 0 aliphatic heterocycles. The molecule has 0 aliphatic carbocycles. The SMILES string of the molecule is COC(=O)Nc1ccc(NC(=O)CCOc2ccc(C)c(C)c2)cc1. The molecular weight excluding hydrogens is 320 g/mol. The van der Waals surface area contributed by atoms with E-state index in [1.165, 1.54) is 12.7 Å². The van der Waals surface area contributed by atoms with Gasteiger partial charge in [0.05, 0.1) is 20.1 Å². The van der Waals surface area contributed by atoms with Crippen LogP contribution in [0.15, 0.2) is 42.5 Å². The van der Waals surface area contributed by atoms with E-state index in [1.54, 1.807) is 24.3 Å². The maximum Gasteiger partial charge on any atom is 0.411 e. The van der Waals surface area contributed by atoms with Crippen LogP contribution in [0.4, 0.5) is 16.2 Å². The minimum Gasteiger partial charge on any atom is -0.493 e. The standard InChI is InChI=1S/C19H22N2O4/c1-13-4-9-17(12-14(13)2)25-11-10-18(22)20-15-5-7-16(8-6-15)21-19(23)24-3/h4-9,12H,10-11H2,1-3H3,(H,20,22)(H,21,23). The Morgan fingerprint density at radius 3 is 2.16 bits per heavy atom. The van der Waals surface area contributed by atoms with Crippen LogP contribution in [0.3, 0.4) is 0 Å². The number of rotatable bonds is 6. The average Bonchev–Trinajstić information content (AvgIpc) is 2.59. The molecule has 2 aromatic carbocycles. The lowest BCUT2D eigenvalue weighted by atomic mass is 10.1. The maximum atomic E-state index is 12.0. The number of hydrogen-bond acceptors (Lipinski definition) is 4. The number of anilines is 2. The van der Waals surface area contributed by atoms with Gasteiger partial charge in [-0.3, -0.25) is 10.1 Å². The first-order valence-electron chi connectivity index (χ1n) is 7.93. The molecule has 25 heavy (non-hydrogen) atoms. The van der Waals surface area contributed by atoms with Gasteiger partial charge in [0.15, 0.2) is 0 Å². The second-order valence-corrected chi connectivity index (χ2v) is 5.59. The van der Waals surface area contributed by atoms with E-state index in [4.69, 9.17) is 4.74 Å². The Bertz CT molecular complexity index is 742. The zero-order valence-electron chi connectivity index (χ0n) is 14.6. The first-order valence-corrected chi connectivity index (χ1v) is 7.93. The highest BCUT2D eigenvalue weighted by Gasteiger charge is 2.05. The molecular formula is C19H22N2O4. The molecule has 0 heterocycles. The van der Waals surface area contributed by atoms with Gasteiger partial charge >= 0.3 is 6.09 Å². The summed E-state index contributed by atoms with van der Waals surface area (Å²) in [6.45, 7) is 4.36. The van der Waals surface area contributed by atoms with Crippen LogP contribution < -0.4 is 15.4 Å². The molecule has 0 spiro atoms. The minimum absolute atomic E-state index is 0.141. The summed E-state index contributed by atoms with van der Waals surface area (Å²) >= 11 is 0. The predicted octanol–water partition coefficient (Wildman–Crippen LogP) is 3.89. The first kappa shape index (κ1) is 18.3. The molecule has 0 fully saturated rings. The van der Waals surface area contributed by atoms with Crippen LogP contribution in [-0.4, -0.2) is 25.7 Å². The Labute approximate surface area is 147 Å². The molecule has 0 saturated carbocycles. The lowest BCUT2D eigenvalue weighted by molar-refractivity contribution is -0.116. The largest absolute Gasteiger partial charge is 0.493 e. The Balaban J connectivity index is 1.77. The molecule has 0 saturated heterocycles. The Hall–Kier alpha value is -3.02. The summed E-state index contributed by atoms with van der Waals surface area (Å²) in [7, 11) is 1.30. The second-order valence-electron chi connectivity index (χ2n) is 5.59. The van der Waals surface area contributed by atoms with E-state index in [9.17, 15) is 9.59 Å². The van der Waals surface area contributed by atoms with E-state index in [0.29, 0.717) is 18.0 Å². The van der Waals surface area contributed by atoms with E-state index < -0.39 is 6.09 Å². The van der Waals surface area contributed by atoms with Crippen molar-refractivity contribution < 1.29 is 19.1 Å². The summed E-state index contributed by atoms with van der Waals surface area (Å²) in [5.41, 5.74) is 3.59. The Morgan fingerprint density at radius 1 is 0.920 bits per heavy atom. The van der Waals surface area contributed by atoms with E-state index >= 15 is 0 Å². The summed E-state index contributed by atoms with van der Waals surface area (Å²) in [5, 5.41) is 5.32. The topological polar surface area (TPSA) is 76.7 Å². The molecule has 2 N–H and O–H groups in total. The van der Waals surface area contributed by atoms with Crippen molar-refractivity contribution in [2.45, 2.75) is 20.3 Å². The fourth-order valence-corrected chi connectivity index (χ4v) is 2.09. The normalized spacial score (nSPS) is 10.0. The number of methoxy groups -OCH3 is 1. The highest BCUT2D eigenvalue weighted by Crippen LogP contribution is 2.17. The number of amides is 2. The fraction of sp³-hybridized carbons (Fsp3) is 0.263. The predicted molar refractivity (Wildman–Crippen MR) is 97.1 cm³/mol. The summed E-state index contributed by atoms with van der Waals surface area (Å²) in [5.74, 6) is 0.617. The van der Waals surface area contributed by atoms with E-state index in [0.717, 1.165) is 11.3 Å². The minimum atomic E-state index is -0.541. The quantitative estimate of drug-likeness (QED) is 0.835. The second kappa shape index (κ2) is 8.73. The molecule has 132 valence electrons. The van der Waals surface area contributed by atoms with Crippen molar-refractivity contribution in [3.63, 3.8) is 0 Å². The summed E-state index contributed by atoms with van der Waals surface area (Å²) in [4.78, 5) is 23.1. The molecule has 0 aliphatic rings. The number of carbonyl (C=O) groups excluding carboxylic acids is 2. The van der Waals surface area contributed by atoms with E-state index in [2.05, 4.69) is 15.4 Å². The lowest BCUT2D eigenvalue weighted by Gasteiger charge is -2.09. The number of hydrogen-bond donors (Lipinski definition) is 2. The molecule has 0 unspecified atom stereocenters. The Kier molecular flexibility index (Phi) is 6.39. The smallest absolute Gasteiger partial charge is 0.411 e. The van der Waals surface area contributed by atoms with Crippen molar-refractivity contribution in [1.29, 1.82) is 0 Å². The average molecular weight is 342 g/mol. The van der Waals surface area contributed by atoms with Gasteiger partial charge < -0.3 is 14.8 Å². The third kappa shape index (κ3) is 5.84. The molecule has 0 radical (unpaired) electrons. The summed E-state index contributed by atoms with van der Waals surface area (Å²) < 4.78 is 10.1. The zero-order chi connectivity index (χ0) is 18.2. The zero-order valence-corrected chi connectivity index (χ0v) is 14.6. The highest BCUT2D eigenvalue weighted by atomic mass is 16.5. The summed E-state index contributed by atoms with van der Waals surface area (Å²) in [6.07, 6.45) is -0.296. The Morgan fingerprint density at radius 2 is 1.56 bits per heavy atom. The number of carbonyl (C=O) groups is 2. The van der Waals surface area contributed by atoms with Crippen LogP contribution in [0.25, 0.3) is 0 Å². The van der Waals surface area contributed by atoms with Gasteiger partial charge in [0, 0.05) is 11.4 Å². The van der Waals surface area contributed by atoms with E-state index in [-0.39, 0.29) is 12.3 Å². The third-order valence-corrected chi connectivity index (χ3v) is 3.68. The first-order chi connectivity index (χ1) is 12.0. The van der Waals surface area contributed by atoms with Gasteiger partial charge in [-0.25, -0.2) is 4.79 Å². The van der Waals surface area contributed by atoms with Gasteiger partial charge in [0.25, 0.3) is 0 Å². The van der Waals surface area contributed by atoms with Gasteiger partial charge in [0.2, 0.25) is 5.91 Å². The fourth-order valence-electron chi connectivity index (χ4n) is 2.09. The van der Waals surface area contributed by atoms with Crippen molar-refractivity contribution in [3.8, 4) is 5.75 Å². The van der Waals surface area contributed by atoms with Crippen molar-refractivity contribution in [1.82, 2.24) is 0 Å². The highest BCUT2D eigenvalue weighted by molar-refractivity contribution is 5.91. The van der Waals surface area contributed by atoms with Crippen molar-refractivity contribution in [3.05, 3.63) is 53.6 Å². The van der Waals surface area contributed by atoms with Crippen LogP contribution in [0.2, 0.25) is 0 Å². The number of nitrogens with one attached hydrogen (secondary N) is 2. The van der Waals surface area contributed by atoms with Crippen LogP contribution in [0.1, 0.15) is 17.5 Å². The molecule has 2 amide bonds. The molecule has 2 rings (SSSR count). The van der Waals surface area contributed by atoms with Gasteiger partial charge in [0.1, 0.15) is 5.75 Å². The third-order valence-electron chi connectivity index (χ3n) is 3.68. The van der Waals surface area contributed by atoms with Crippen molar-refractivity contribution in [2.75, 3.05) is 24.4 Å². The molecule has 2 aromatic rings. The van der Waals surface area contributed by atoms with Crippen molar-refractivity contribution in [2.24, 2.45) is 0 Å². The van der Waals surface area contributed by atoms with Gasteiger partial charge in [-0.15, -0.1) is 0 Å². The van der Waals surface area contributed by atoms with Crippen LogP contribution >= 0.6 is 0 Å². The number of ether oxygens (including phenoxy) is 2. The number of benzene rings is 2. The molecule has 6 nitrogen and oxygen atoms in total. The molecule has 0 atom stereocenters. The van der Waals surface area contributed by atoms with Crippen LogP contribution in [-0.2, 0) is 9.53 Å². The van der Waals surface area contributed by atoms with Gasteiger partial charge in [-0.1, -0.05) is 6.07 Å². The van der Waals surface area contributed by atoms with Crippen LogP contribution in [0.5, 0.6) is 5.75 Å². The van der Waals surface area contributed by atoms with Crippen molar-refractivity contribution >= 4 is 23.4 Å². The molecule has 6 heteroatoms. The van der Waals surface area contributed by atoms with Gasteiger partial charge in [-0.05, 0) is 61.4 Å². The maximum absolute atomic E-state index is 12.0. The molecule has 0 bridgehead atoms. The van der Waals surface area contributed by atoms with E-state index in [1.807, 2.05) is 32.0 Å². The monoisotopic (exact) mass is 342 g/mol. The lowest BCUT2D eigenvalue weighted by Crippen LogP contribution is -2.15. The molecule has 0 aromatic heterocycles. The van der Waals surface area contributed by atoms with Crippen LogP contribution in [0, 0.1) is 13.8 Å². The number of aryl methyl sites for hydroxylation is 2. The van der Waals surface area contributed by atoms with Gasteiger partial charge in [-0.2, -0.15) is 0 Å². The summed E-state index contributed by atoms with van der Waals surface area (Å²) in [6, 6.07) is 12.6.